The van der Waals surface area contributed by atoms with Crippen LogP contribution >= 0.6 is 11.6 Å². The van der Waals surface area contributed by atoms with Crippen LogP contribution in [0, 0.1) is 6.92 Å². The van der Waals surface area contributed by atoms with Crippen molar-refractivity contribution in [1.82, 2.24) is 0 Å². The number of Topliss-reactive ketones (excluding diaryl/α,β-unsaturated/α-hetero) is 1. The smallest absolute Gasteiger partial charge is 0.165 e. The lowest BCUT2D eigenvalue weighted by Gasteiger charge is -2.20. The van der Waals surface area contributed by atoms with Gasteiger partial charge in [-0.3, -0.25) is 4.79 Å². The van der Waals surface area contributed by atoms with Gasteiger partial charge in [-0.15, -0.1) is 0 Å². The van der Waals surface area contributed by atoms with E-state index in [0.717, 1.165) is 11.3 Å². The number of hydrogen-bond donors (Lipinski definition) is 1. The fourth-order valence-electron chi connectivity index (χ4n) is 1.41. The van der Waals surface area contributed by atoms with E-state index >= 15 is 0 Å². The number of carbonyl (C=O) groups excluding carboxylic acids is 1. The normalized spacial score (nSPS) is 10.1. The highest BCUT2D eigenvalue weighted by Gasteiger charge is 2.08. The molecule has 1 aromatic carbocycles. The second-order valence-electron chi connectivity index (χ2n) is 3.53. The summed E-state index contributed by atoms with van der Waals surface area (Å²) < 4.78 is 0. The van der Waals surface area contributed by atoms with Gasteiger partial charge < -0.3 is 10.6 Å². The number of anilines is 1. The van der Waals surface area contributed by atoms with Gasteiger partial charge in [0.05, 0.1) is 13.1 Å². The van der Waals surface area contributed by atoms with Gasteiger partial charge in [-0.1, -0.05) is 17.7 Å². The lowest BCUT2D eigenvalue weighted by Crippen LogP contribution is -2.30. The van der Waals surface area contributed by atoms with Crippen molar-refractivity contribution in [1.29, 1.82) is 0 Å². The molecule has 0 atom stereocenters. The quantitative estimate of drug-likeness (QED) is 0.849. The molecule has 15 heavy (non-hydrogen) atoms. The molecule has 0 aromatic heterocycles. The van der Waals surface area contributed by atoms with E-state index in [1.807, 2.05) is 37.1 Å². The van der Waals surface area contributed by atoms with E-state index in [9.17, 15) is 4.79 Å². The SMILES string of the molecule is Cc1ccc(Cl)cc1N(C)CC(=O)CN. The zero-order valence-electron chi connectivity index (χ0n) is 8.96. The summed E-state index contributed by atoms with van der Waals surface area (Å²) in [4.78, 5) is 13.0. The van der Waals surface area contributed by atoms with Gasteiger partial charge in [-0.25, -0.2) is 0 Å². The van der Waals surface area contributed by atoms with Crippen LogP contribution in [0.4, 0.5) is 5.69 Å². The average molecular weight is 227 g/mol. The number of aryl methyl sites for hydroxylation is 1. The Morgan fingerprint density at radius 1 is 1.53 bits per heavy atom. The predicted molar refractivity (Wildman–Crippen MR) is 63.5 cm³/mol. The third-order valence-corrected chi connectivity index (χ3v) is 2.46. The standard InChI is InChI=1S/C11H15ClN2O/c1-8-3-4-9(12)5-11(8)14(2)7-10(15)6-13/h3-5H,6-7,13H2,1-2H3. The molecule has 0 unspecified atom stereocenters. The molecule has 0 spiro atoms. The van der Waals surface area contributed by atoms with E-state index in [4.69, 9.17) is 17.3 Å². The molecule has 0 amide bonds. The lowest BCUT2D eigenvalue weighted by molar-refractivity contribution is -0.116. The van der Waals surface area contributed by atoms with E-state index in [1.165, 1.54) is 0 Å². The summed E-state index contributed by atoms with van der Waals surface area (Å²) in [5, 5.41) is 0.669. The minimum absolute atomic E-state index is 0.0110. The maximum atomic E-state index is 11.2. The third-order valence-electron chi connectivity index (χ3n) is 2.22. The van der Waals surface area contributed by atoms with Gasteiger partial charge >= 0.3 is 0 Å². The van der Waals surface area contributed by atoms with Crippen LogP contribution in [0.5, 0.6) is 0 Å². The molecule has 4 heteroatoms. The summed E-state index contributed by atoms with van der Waals surface area (Å²) in [5.74, 6) is 0.0110. The molecular formula is C11H15ClN2O. The molecule has 0 aliphatic carbocycles. The fraction of sp³-hybridized carbons (Fsp3) is 0.364. The Morgan fingerprint density at radius 2 is 2.20 bits per heavy atom. The zero-order chi connectivity index (χ0) is 11.4. The summed E-state index contributed by atoms with van der Waals surface area (Å²) in [5.41, 5.74) is 7.32. The first-order valence-electron chi connectivity index (χ1n) is 4.73. The van der Waals surface area contributed by atoms with Crippen molar-refractivity contribution in [2.24, 2.45) is 5.73 Å². The van der Waals surface area contributed by atoms with Crippen molar-refractivity contribution in [3.63, 3.8) is 0 Å². The van der Waals surface area contributed by atoms with E-state index < -0.39 is 0 Å². The van der Waals surface area contributed by atoms with E-state index in [-0.39, 0.29) is 12.3 Å². The first kappa shape index (κ1) is 12.0. The van der Waals surface area contributed by atoms with Crippen LogP contribution in [-0.2, 0) is 4.79 Å². The molecule has 3 nitrogen and oxygen atoms in total. The van der Waals surface area contributed by atoms with Crippen molar-refractivity contribution in [3.05, 3.63) is 28.8 Å². The third kappa shape index (κ3) is 3.22. The monoisotopic (exact) mass is 226 g/mol. The Kier molecular flexibility index (Phi) is 4.12. The number of likely N-dealkylation sites (N-methyl/N-ethyl adjacent to an activating group) is 1. The molecule has 1 aromatic rings. The van der Waals surface area contributed by atoms with Gasteiger partial charge in [-0.2, -0.15) is 0 Å². The van der Waals surface area contributed by atoms with Crippen LogP contribution in [0.3, 0.4) is 0 Å². The summed E-state index contributed by atoms with van der Waals surface area (Å²) >= 11 is 5.90. The maximum absolute atomic E-state index is 11.2. The first-order chi connectivity index (χ1) is 7.04. The summed E-state index contributed by atoms with van der Waals surface area (Å²) in [6.45, 7) is 2.37. The molecule has 82 valence electrons. The topological polar surface area (TPSA) is 46.3 Å². The summed E-state index contributed by atoms with van der Waals surface area (Å²) in [6.07, 6.45) is 0. The summed E-state index contributed by atoms with van der Waals surface area (Å²) in [6, 6.07) is 5.61. The highest BCUT2D eigenvalue weighted by Crippen LogP contribution is 2.22. The largest absolute Gasteiger partial charge is 0.367 e. The molecule has 0 fully saturated rings. The number of hydrogen-bond acceptors (Lipinski definition) is 3. The molecular weight excluding hydrogens is 212 g/mol. The van der Waals surface area contributed by atoms with E-state index in [1.54, 1.807) is 0 Å². The number of ketones is 1. The van der Waals surface area contributed by atoms with Gasteiger partial charge in [0.2, 0.25) is 0 Å². The molecule has 2 N–H and O–H groups in total. The molecule has 0 saturated heterocycles. The minimum Gasteiger partial charge on any atom is -0.367 e. The van der Waals surface area contributed by atoms with Crippen molar-refractivity contribution in [2.45, 2.75) is 6.92 Å². The highest BCUT2D eigenvalue weighted by molar-refractivity contribution is 6.30. The number of nitrogens with two attached hydrogens (primary N) is 1. The Bertz CT molecular complexity index is 366. The zero-order valence-corrected chi connectivity index (χ0v) is 9.71. The number of rotatable bonds is 4. The van der Waals surface area contributed by atoms with Gasteiger partial charge in [-0.05, 0) is 24.6 Å². The molecule has 0 aliphatic rings. The first-order valence-corrected chi connectivity index (χ1v) is 5.11. The molecule has 0 aliphatic heterocycles. The number of carbonyl (C=O) groups is 1. The Balaban J connectivity index is 2.85. The fourth-order valence-corrected chi connectivity index (χ4v) is 1.57. The van der Waals surface area contributed by atoms with Crippen LogP contribution in [0.1, 0.15) is 5.56 Å². The molecule has 0 bridgehead atoms. The molecule has 0 heterocycles. The lowest BCUT2D eigenvalue weighted by atomic mass is 10.2. The summed E-state index contributed by atoms with van der Waals surface area (Å²) in [7, 11) is 1.85. The van der Waals surface area contributed by atoms with Crippen LogP contribution in [-0.4, -0.2) is 25.9 Å². The second-order valence-corrected chi connectivity index (χ2v) is 3.97. The van der Waals surface area contributed by atoms with Crippen molar-refractivity contribution < 1.29 is 4.79 Å². The maximum Gasteiger partial charge on any atom is 0.165 e. The van der Waals surface area contributed by atoms with Crippen LogP contribution in [0.15, 0.2) is 18.2 Å². The number of nitrogens with zero attached hydrogens (tertiary/aromatic N) is 1. The molecule has 0 saturated carbocycles. The minimum atomic E-state index is 0.0110. The number of benzene rings is 1. The van der Waals surface area contributed by atoms with Crippen LogP contribution in [0.25, 0.3) is 0 Å². The molecule has 0 radical (unpaired) electrons. The van der Waals surface area contributed by atoms with Gasteiger partial charge in [0.1, 0.15) is 0 Å². The number of halogens is 1. The Hall–Kier alpha value is -1.06. The highest BCUT2D eigenvalue weighted by atomic mass is 35.5. The molecule has 1 rings (SSSR count). The van der Waals surface area contributed by atoms with Crippen molar-refractivity contribution >= 4 is 23.1 Å². The van der Waals surface area contributed by atoms with Crippen molar-refractivity contribution in [2.75, 3.05) is 25.0 Å². The van der Waals surface area contributed by atoms with Gasteiger partial charge in [0, 0.05) is 17.8 Å². The average Bonchev–Trinajstić information content (AvgIpc) is 2.21. The second kappa shape index (κ2) is 5.14. The predicted octanol–water partition coefficient (Wildman–Crippen LogP) is 1.61. The van der Waals surface area contributed by atoms with E-state index in [0.29, 0.717) is 11.6 Å². The van der Waals surface area contributed by atoms with Crippen molar-refractivity contribution in [3.8, 4) is 0 Å². The Morgan fingerprint density at radius 3 is 2.80 bits per heavy atom. The van der Waals surface area contributed by atoms with Gasteiger partial charge in [0.15, 0.2) is 5.78 Å². The Labute approximate surface area is 94.8 Å². The van der Waals surface area contributed by atoms with Crippen LogP contribution in [0.2, 0.25) is 5.02 Å². The van der Waals surface area contributed by atoms with Gasteiger partial charge in [0.25, 0.3) is 0 Å². The van der Waals surface area contributed by atoms with E-state index in [2.05, 4.69) is 0 Å². The van der Waals surface area contributed by atoms with Crippen LogP contribution < -0.4 is 10.6 Å².